The van der Waals surface area contributed by atoms with E-state index < -0.39 is 0 Å². The summed E-state index contributed by atoms with van der Waals surface area (Å²) in [5.41, 5.74) is 7.13. The number of rotatable bonds is 6. The van der Waals surface area contributed by atoms with Gasteiger partial charge in [0, 0.05) is 6.04 Å². The Hall–Kier alpha value is -1.02. The van der Waals surface area contributed by atoms with E-state index in [1.165, 1.54) is 5.56 Å². The Balaban J connectivity index is 2.53. The maximum absolute atomic E-state index is 5.85. The van der Waals surface area contributed by atoms with Crippen LogP contribution in [0.4, 0.5) is 0 Å². The molecule has 1 unspecified atom stereocenters. The molecule has 0 radical (unpaired) electrons. The minimum absolute atomic E-state index is 0.256. The first-order chi connectivity index (χ1) is 7.65. The van der Waals surface area contributed by atoms with Crippen LogP contribution in [0.15, 0.2) is 24.3 Å². The van der Waals surface area contributed by atoms with Crippen LogP contribution in [0, 0.1) is 0 Å². The van der Waals surface area contributed by atoms with Crippen LogP contribution in [0.5, 0.6) is 5.75 Å². The summed E-state index contributed by atoms with van der Waals surface area (Å²) in [6, 6.07) is 8.49. The van der Waals surface area contributed by atoms with Crippen LogP contribution in [0.25, 0.3) is 0 Å². The highest BCUT2D eigenvalue weighted by atomic mass is 16.5. The predicted molar refractivity (Wildman–Crippen MR) is 68.9 cm³/mol. The fourth-order valence-corrected chi connectivity index (χ4v) is 1.61. The van der Waals surface area contributed by atoms with E-state index in [4.69, 9.17) is 10.5 Å². The van der Waals surface area contributed by atoms with Crippen molar-refractivity contribution in [3.8, 4) is 5.75 Å². The molecule has 0 amide bonds. The molecule has 2 N–H and O–H groups in total. The fourth-order valence-electron chi connectivity index (χ4n) is 1.61. The molecule has 1 atom stereocenters. The summed E-state index contributed by atoms with van der Waals surface area (Å²) < 4.78 is 5.79. The fraction of sp³-hybridized carbons (Fsp3) is 0.571. The second-order valence-corrected chi connectivity index (χ2v) is 4.50. The van der Waals surface area contributed by atoms with E-state index >= 15 is 0 Å². The van der Waals surface area contributed by atoms with E-state index in [1.807, 2.05) is 12.1 Å². The summed E-state index contributed by atoms with van der Waals surface area (Å²) in [6.45, 7) is 7.17. The molecule has 0 heterocycles. The molecule has 2 nitrogen and oxygen atoms in total. The number of hydrogen-bond donors (Lipinski definition) is 1. The summed E-state index contributed by atoms with van der Waals surface area (Å²) in [7, 11) is 0. The summed E-state index contributed by atoms with van der Waals surface area (Å²) in [5.74, 6) is 1.50. The minimum atomic E-state index is 0.256. The highest BCUT2D eigenvalue weighted by molar-refractivity contribution is 5.35. The SMILES string of the molecule is CCC(N)CCOc1ccccc1C(C)C. The van der Waals surface area contributed by atoms with Gasteiger partial charge in [0.25, 0.3) is 0 Å². The molecule has 0 saturated carbocycles. The summed E-state index contributed by atoms with van der Waals surface area (Å²) in [4.78, 5) is 0. The molecule has 2 heteroatoms. The molecule has 0 aliphatic heterocycles. The second kappa shape index (κ2) is 6.54. The molecule has 0 bridgehead atoms. The van der Waals surface area contributed by atoms with Crippen molar-refractivity contribution in [3.05, 3.63) is 29.8 Å². The molecule has 90 valence electrons. The predicted octanol–water partition coefficient (Wildman–Crippen LogP) is 3.32. The van der Waals surface area contributed by atoms with Crippen molar-refractivity contribution in [3.63, 3.8) is 0 Å². The normalized spacial score (nSPS) is 12.8. The molecule has 1 aromatic rings. The molecule has 0 saturated heterocycles. The quantitative estimate of drug-likeness (QED) is 0.799. The first-order valence-electron chi connectivity index (χ1n) is 6.12. The third-order valence-corrected chi connectivity index (χ3v) is 2.81. The van der Waals surface area contributed by atoms with Gasteiger partial charge in [-0.1, -0.05) is 39.0 Å². The van der Waals surface area contributed by atoms with Crippen molar-refractivity contribution >= 4 is 0 Å². The Labute approximate surface area is 98.8 Å². The summed E-state index contributed by atoms with van der Waals surface area (Å²) in [6.07, 6.45) is 1.93. The van der Waals surface area contributed by atoms with Crippen LogP contribution in [-0.2, 0) is 0 Å². The van der Waals surface area contributed by atoms with Gasteiger partial charge in [0.2, 0.25) is 0 Å². The van der Waals surface area contributed by atoms with E-state index in [0.29, 0.717) is 12.5 Å². The van der Waals surface area contributed by atoms with E-state index in [2.05, 4.69) is 32.9 Å². The maximum atomic E-state index is 5.85. The number of ether oxygens (including phenoxy) is 1. The lowest BCUT2D eigenvalue weighted by molar-refractivity contribution is 0.292. The molecular formula is C14H23NO. The van der Waals surface area contributed by atoms with Crippen LogP contribution in [0.2, 0.25) is 0 Å². The van der Waals surface area contributed by atoms with Gasteiger partial charge in [-0.25, -0.2) is 0 Å². The topological polar surface area (TPSA) is 35.2 Å². The molecule has 16 heavy (non-hydrogen) atoms. The number of para-hydroxylation sites is 1. The average molecular weight is 221 g/mol. The Bertz CT molecular complexity index is 309. The van der Waals surface area contributed by atoms with Gasteiger partial charge in [-0.3, -0.25) is 0 Å². The van der Waals surface area contributed by atoms with Crippen molar-refractivity contribution in [1.29, 1.82) is 0 Å². The Morgan fingerprint density at radius 2 is 1.94 bits per heavy atom. The van der Waals surface area contributed by atoms with Crippen LogP contribution in [0.1, 0.15) is 45.1 Å². The molecule has 1 aromatic carbocycles. The average Bonchev–Trinajstić information content (AvgIpc) is 2.29. The van der Waals surface area contributed by atoms with Gasteiger partial charge in [-0.2, -0.15) is 0 Å². The molecule has 0 fully saturated rings. The van der Waals surface area contributed by atoms with E-state index in [1.54, 1.807) is 0 Å². The maximum Gasteiger partial charge on any atom is 0.122 e. The lowest BCUT2D eigenvalue weighted by atomic mass is 10.0. The van der Waals surface area contributed by atoms with Gasteiger partial charge in [0.15, 0.2) is 0 Å². The van der Waals surface area contributed by atoms with Crippen molar-refractivity contribution in [2.45, 2.75) is 45.6 Å². The van der Waals surface area contributed by atoms with Crippen LogP contribution in [-0.4, -0.2) is 12.6 Å². The molecule has 0 aliphatic rings. The molecule has 1 rings (SSSR count). The zero-order valence-corrected chi connectivity index (χ0v) is 10.6. The third kappa shape index (κ3) is 3.86. The molecular weight excluding hydrogens is 198 g/mol. The van der Waals surface area contributed by atoms with Crippen molar-refractivity contribution in [1.82, 2.24) is 0 Å². The first-order valence-corrected chi connectivity index (χ1v) is 6.12. The second-order valence-electron chi connectivity index (χ2n) is 4.50. The zero-order valence-electron chi connectivity index (χ0n) is 10.6. The van der Waals surface area contributed by atoms with Gasteiger partial charge < -0.3 is 10.5 Å². The highest BCUT2D eigenvalue weighted by Gasteiger charge is 2.07. The van der Waals surface area contributed by atoms with Gasteiger partial charge >= 0.3 is 0 Å². The van der Waals surface area contributed by atoms with Gasteiger partial charge in [-0.15, -0.1) is 0 Å². The van der Waals surface area contributed by atoms with Gasteiger partial charge in [0.1, 0.15) is 5.75 Å². The first kappa shape index (κ1) is 13.0. The Kier molecular flexibility index (Phi) is 5.33. The van der Waals surface area contributed by atoms with Crippen molar-refractivity contribution in [2.75, 3.05) is 6.61 Å². The lowest BCUT2D eigenvalue weighted by Crippen LogP contribution is -2.21. The van der Waals surface area contributed by atoms with E-state index in [0.717, 1.165) is 18.6 Å². The minimum Gasteiger partial charge on any atom is -0.493 e. The Morgan fingerprint density at radius 1 is 1.25 bits per heavy atom. The molecule has 0 aromatic heterocycles. The standard InChI is InChI=1S/C14H23NO/c1-4-12(15)9-10-16-14-8-6-5-7-13(14)11(2)3/h5-8,11-12H,4,9-10,15H2,1-3H3. The lowest BCUT2D eigenvalue weighted by Gasteiger charge is -2.15. The van der Waals surface area contributed by atoms with E-state index in [9.17, 15) is 0 Å². The number of nitrogens with two attached hydrogens (primary N) is 1. The van der Waals surface area contributed by atoms with Crippen molar-refractivity contribution < 1.29 is 4.74 Å². The van der Waals surface area contributed by atoms with Crippen LogP contribution in [0.3, 0.4) is 0 Å². The van der Waals surface area contributed by atoms with Crippen LogP contribution >= 0.6 is 0 Å². The highest BCUT2D eigenvalue weighted by Crippen LogP contribution is 2.25. The van der Waals surface area contributed by atoms with Crippen LogP contribution < -0.4 is 10.5 Å². The molecule has 0 spiro atoms. The monoisotopic (exact) mass is 221 g/mol. The van der Waals surface area contributed by atoms with Gasteiger partial charge in [0.05, 0.1) is 6.61 Å². The summed E-state index contributed by atoms with van der Waals surface area (Å²) >= 11 is 0. The smallest absolute Gasteiger partial charge is 0.122 e. The number of hydrogen-bond acceptors (Lipinski definition) is 2. The number of benzene rings is 1. The molecule has 0 aliphatic carbocycles. The van der Waals surface area contributed by atoms with Gasteiger partial charge in [-0.05, 0) is 30.4 Å². The Morgan fingerprint density at radius 3 is 2.56 bits per heavy atom. The largest absolute Gasteiger partial charge is 0.493 e. The van der Waals surface area contributed by atoms with Crippen molar-refractivity contribution in [2.24, 2.45) is 5.73 Å². The van der Waals surface area contributed by atoms with E-state index in [-0.39, 0.29) is 6.04 Å². The third-order valence-electron chi connectivity index (χ3n) is 2.81. The zero-order chi connectivity index (χ0) is 12.0. The summed E-state index contributed by atoms with van der Waals surface area (Å²) in [5, 5.41) is 0.